The second-order valence-corrected chi connectivity index (χ2v) is 9.76. The Kier molecular flexibility index (Phi) is 6.15. The van der Waals surface area contributed by atoms with Crippen LogP contribution in [0.3, 0.4) is 0 Å². The summed E-state index contributed by atoms with van der Waals surface area (Å²) in [6.07, 6.45) is 0. The second-order valence-electron chi connectivity index (χ2n) is 9.76. The number of fused-ring (bicyclic) bond motifs is 2. The Morgan fingerprint density at radius 2 is 0.625 bits per heavy atom. The lowest BCUT2D eigenvalue weighted by Gasteiger charge is -2.26. The van der Waals surface area contributed by atoms with E-state index in [-0.39, 0.29) is 0 Å². The molecule has 0 bridgehead atoms. The minimum atomic E-state index is 0.963. The van der Waals surface area contributed by atoms with Crippen LogP contribution in [0.1, 0.15) is 0 Å². The largest absolute Gasteiger partial charge is 0.310 e. The molecule has 0 unspecified atom stereocenters. The number of para-hydroxylation sites is 4. The zero-order valence-corrected chi connectivity index (χ0v) is 21.9. The van der Waals surface area contributed by atoms with Crippen molar-refractivity contribution in [3.63, 3.8) is 0 Å². The highest BCUT2D eigenvalue weighted by Crippen LogP contribution is 2.38. The molecule has 7 rings (SSSR count). The number of hydrogen-bond donors (Lipinski definition) is 0. The maximum absolute atomic E-state index is 5.19. The molecule has 0 saturated carbocycles. The van der Waals surface area contributed by atoms with Gasteiger partial charge >= 0.3 is 0 Å². The molecule has 7 aromatic rings. The molecule has 0 atom stereocenters. The summed E-state index contributed by atoms with van der Waals surface area (Å²) >= 11 is 0. The van der Waals surface area contributed by atoms with Gasteiger partial charge in [-0.05, 0) is 78.9 Å². The van der Waals surface area contributed by atoms with Crippen LogP contribution in [-0.4, -0.2) is 4.98 Å². The van der Waals surface area contributed by atoms with Crippen LogP contribution in [0.2, 0.25) is 0 Å². The Labute approximate surface area is 234 Å². The molecule has 0 amide bonds. The van der Waals surface area contributed by atoms with Gasteiger partial charge in [-0.1, -0.05) is 84.9 Å². The van der Waals surface area contributed by atoms with Crippen LogP contribution in [-0.2, 0) is 0 Å². The minimum Gasteiger partial charge on any atom is -0.310 e. The fourth-order valence-electron chi connectivity index (χ4n) is 5.28. The van der Waals surface area contributed by atoms with Crippen molar-refractivity contribution in [2.24, 2.45) is 0 Å². The van der Waals surface area contributed by atoms with E-state index in [0.29, 0.717) is 0 Å². The summed E-state index contributed by atoms with van der Waals surface area (Å²) in [4.78, 5) is 9.73. The van der Waals surface area contributed by atoms with Gasteiger partial charge in [-0.25, -0.2) is 4.98 Å². The van der Waals surface area contributed by atoms with E-state index in [9.17, 15) is 0 Å². The molecular weight excluding hydrogens is 486 g/mol. The quantitative estimate of drug-likeness (QED) is 0.206. The van der Waals surface area contributed by atoms with Crippen LogP contribution in [0.25, 0.3) is 21.8 Å². The van der Waals surface area contributed by atoms with Gasteiger partial charge in [-0.2, -0.15) is 0 Å². The molecule has 190 valence electrons. The van der Waals surface area contributed by atoms with E-state index >= 15 is 0 Å². The average molecular weight is 514 g/mol. The summed E-state index contributed by atoms with van der Waals surface area (Å²) in [5.41, 5.74) is 8.51. The maximum Gasteiger partial charge on any atom is 0.0730 e. The molecule has 3 heteroatoms. The van der Waals surface area contributed by atoms with E-state index in [0.717, 1.165) is 55.9 Å². The smallest absolute Gasteiger partial charge is 0.0730 e. The van der Waals surface area contributed by atoms with Crippen LogP contribution in [0.5, 0.6) is 0 Å². The Morgan fingerprint density at radius 3 is 0.950 bits per heavy atom. The number of aromatic nitrogens is 1. The molecule has 1 heterocycles. The van der Waals surface area contributed by atoms with E-state index in [1.807, 2.05) is 24.3 Å². The minimum absolute atomic E-state index is 0.963. The molecule has 0 aliphatic carbocycles. The van der Waals surface area contributed by atoms with Crippen molar-refractivity contribution in [2.45, 2.75) is 0 Å². The molecule has 0 aliphatic rings. The second kappa shape index (κ2) is 10.4. The van der Waals surface area contributed by atoms with E-state index in [1.54, 1.807) is 0 Å². The molecule has 0 aliphatic heterocycles. The number of pyridine rings is 1. The number of hydrogen-bond acceptors (Lipinski definition) is 3. The molecule has 0 spiro atoms. The first-order chi connectivity index (χ1) is 19.8. The van der Waals surface area contributed by atoms with Gasteiger partial charge in [-0.15, -0.1) is 0 Å². The van der Waals surface area contributed by atoms with Crippen molar-refractivity contribution in [2.75, 3.05) is 9.80 Å². The highest BCUT2D eigenvalue weighted by Gasteiger charge is 2.15. The number of benzene rings is 6. The molecule has 0 N–H and O–H groups in total. The van der Waals surface area contributed by atoms with Crippen LogP contribution in [0.15, 0.2) is 164 Å². The Hall–Kier alpha value is -5.41. The van der Waals surface area contributed by atoms with Crippen molar-refractivity contribution in [1.29, 1.82) is 0 Å². The van der Waals surface area contributed by atoms with E-state index in [2.05, 4.69) is 149 Å². The van der Waals surface area contributed by atoms with Crippen molar-refractivity contribution < 1.29 is 0 Å². The summed E-state index contributed by atoms with van der Waals surface area (Å²) in [6, 6.07) is 57.2. The van der Waals surface area contributed by atoms with Crippen molar-refractivity contribution in [3.05, 3.63) is 164 Å². The lowest BCUT2D eigenvalue weighted by atomic mass is 10.1. The molecule has 40 heavy (non-hydrogen) atoms. The first-order valence-corrected chi connectivity index (χ1v) is 13.5. The van der Waals surface area contributed by atoms with Crippen LogP contribution < -0.4 is 9.80 Å². The van der Waals surface area contributed by atoms with E-state index < -0.39 is 0 Å². The van der Waals surface area contributed by atoms with Gasteiger partial charge in [-0.3, -0.25) is 0 Å². The predicted octanol–water partition coefficient (Wildman–Crippen LogP) is 10.3. The van der Waals surface area contributed by atoms with Crippen LogP contribution in [0.4, 0.5) is 34.1 Å². The number of anilines is 6. The monoisotopic (exact) mass is 513 g/mol. The number of nitrogens with zero attached hydrogens (tertiary/aromatic N) is 3. The molecule has 3 nitrogen and oxygen atoms in total. The third-order valence-electron chi connectivity index (χ3n) is 7.15. The van der Waals surface area contributed by atoms with Gasteiger partial charge in [0, 0.05) is 44.9 Å². The molecule has 0 radical (unpaired) electrons. The Bertz CT molecular complexity index is 1670. The Balaban J connectivity index is 1.36. The van der Waals surface area contributed by atoms with Gasteiger partial charge in [0.1, 0.15) is 0 Å². The Morgan fingerprint density at radius 1 is 0.300 bits per heavy atom. The zero-order chi connectivity index (χ0) is 26.7. The van der Waals surface area contributed by atoms with E-state index in [1.165, 1.54) is 0 Å². The standard InChI is InChI=1S/C37H27N3/c1-5-13-30(14-6-1)39(31-15-7-2-8-16-31)34-23-21-28-25-29-22-24-35(27-37(29)38-36(28)26-34)40(32-17-9-3-10-18-32)33-19-11-4-12-20-33/h1-27H. The number of rotatable bonds is 6. The zero-order valence-electron chi connectivity index (χ0n) is 21.9. The van der Waals surface area contributed by atoms with Gasteiger partial charge < -0.3 is 9.80 Å². The topological polar surface area (TPSA) is 19.4 Å². The highest BCUT2D eigenvalue weighted by molar-refractivity contribution is 5.97. The van der Waals surface area contributed by atoms with Crippen LogP contribution in [0, 0.1) is 0 Å². The summed E-state index contributed by atoms with van der Waals surface area (Å²) in [7, 11) is 0. The predicted molar refractivity (Wildman–Crippen MR) is 169 cm³/mol. The van der Waals surface area contributed by atoms with Gasteiger partial charge in [0.25, 0.3) is 0 Å². The lowest BCUT2D eigenvalue weighted by molar-refractivity contribution is 1.28. The summed E-state index contributed by atoms with van der Waals surface area (Å²) in [5.74, 6) is 0. The normalized spacial score (nSPS) is 11.0. The molecule has 0 saturated heterocycles. The average Bonchev–Trinajstić information content (AvgIpc) is 3.02. The third kappa shape index (κ3) is 4.55. The fourth-order valence-corrected chi connectivity index (χ4v) is 5.28. The molecule has 6 aromatic carbocycles. The first-order valence-electron chi connectivity index (χ1n) is 13.5. The van der Waals surface area contributed by atoms with Gasteiger partial charge in [0.15, 0.2) is 0 Å². The fraction of sp³-hybridized carbons (Fsp3) is 0. The van der Waals surface area contributed by atoms with Crippen molar-refractivity contribution in [3.8, 4) is 0 Å². The maximum atomic E-state index is 5.19. The SMILES string of the molecule is c1ccc(N(c2ccccc2)c2ccc3cc4ccc(N(c5ccccc5)c5ccccc5)cc4nc3c2)cc1. The van der Waals surface area contributed by atoms with Crippen LogP contribution >= 0.6 is 0 Å². The first kappa shape index (κ1) is 23.7. The lowest BCUT2D eigenvalue weighted by Crippen LogP contribution is -2.10. The van der Waals surface area contributed by atoms with Crippen molar-refractivity contribution >= 4 is 55.9 Å². The summed E-state index contributed by atoms with van der Waals surface area (Å²) in [5, 5.41) is 2.24. The molecular formula is C37H27N3. The van der Waals surface area contributed by atoms with E-state index in [4.69, 9.17) is 4.98 Å². The molecule has 1 aromatic heterocycles. The summed E-state index contributed by atoms with van der Waals surface area (Å²) < 4.78 is 0. The highest BCUT2D eigenvalue weighted by atomic mass is 15.1. The van der Waals surface area contributed by atoms with Gasteiger partial charge in [0.2, 0.25) is 0 Å². The molecule has 0 fully saturated rings. The van der Waals surface area contributed by atoms with Crippen molar-refractivity contribution in [1.82, 2.24) is 4.98 Å². The van der Waals surface area contributed by atoms with Gasteiger partial charge in [0.05, 0.1) is 11.0 Å². The third-order valence-corrected chi connectivity index (χ3v) is 7.15. The summed E-state index contributed by atoms with van der Waals surface area (Å²) in [6.45, 7) is 0.